The molecule has 102 valence electrons. The average Bonchev–Trinajstić information content (AvgIpc) is 2.92. The fourth-order valence-electron chi connectivity index (χ4n) is 2.04. The Morgan fingerprint density at radius 1 is 1.00 bits per heavy atom. The number of benzene rings is 2. The van der Waals surface area contributed by atoms with Gasteiger partial charge in [-0.1, -0.05) is 30.3 Å². The second-order valence-corrected chi connectivity index (χ2v) is 6.11. The molecule has 0 saturated heterocycles. The molecule has 0 bridgehead atoms. The van der Waals surface area contributed by atoms with Crippen LogP contribution in [0.3, 0.4) is 0 Å². The summed E-state index contributed by atoms with van der Waals surface area (Å²) in [5, 5.41) is 0.671. The van der Waals surface area contributed by atoms with Crippen LogP contribution in [0.4, 0.5) is 0 Å². The van der Waals surface area contributed by atoms with Crippen molar-refractivity contribution in [1.82, 2.24) is 0 Å². The summed E-state index contributed by atoms with van der Waals surface area (Å²) >= 11 is 0. The molecular weight excluding hydrogens is 276 g/mol. The van der Waals surface area contributed by atoms with E-state index in [0.29, 0.717) is 11.3 Å². The summed E-state index contributed by atoms with van der Waals surface area (Å²) in [6, 6.07) is 15.2. The number of hydrogen-bond donors (Lipinski definition) is 0. The van der Waals surface area contributed by atoms with Crippen LogP contribution in [-0.4, -0.2) is 15.5 Å². The van der Waals surface area contributed by atoms with Crippen molar-refractivity contribution in [2.75, 3.05) is 7.11 Å². The van der Waals surface area contributed by atoms with E-state index in [9.17, 15) is 8.42 Å². The van der Waals surface area contributed by atoms with E-state index in [1.807, 2.05) is 6.07 Å². The van der Waals surface area contributed by atoms with Gasteiger partial charge in [0.1, 0.15) is 16.2 Å². The molecule has 0 amide bonds. The second kappa shape index (κ2) is 4.68. The molecule has 0 N–H and O–H groups in total. The molecule has 1 heterocycles. The van der Waals surface area contributed by atoms with Gasteiger partial charge in [-0.15, -0.1) is 0 Å². The van der Waals surface area contributed by atoms with Gasteiger partial charge in [-0.3, -0.25) is 0 Å². The highest BCUT2D eigenvalue weighted by Gasteiger charge is 2.25. The van der Waals surface area contributed by atoms with Gasteiger partial charge in [0, 0.05) is 11.5 Å². The lowest BCUT2D eigenvalue weighted by Crippen LogP contribution is -2.02. The lowest BCUT2D eigenvalue weighted by molar-refractivity contribution is 0.401. The Kier molecular flexibility index (Phi) is 2.99. The molecule has 0 aliphatic carbocycles. The quantitative estimate of drug-likeness (QED) is 0.742. The number of para-hydroxylation sites is 2. The van der Waals surface area contributed by atoms with Crippen molar-refractivity contribution in [3.8, 4) is 5.75 Å². The standard InChI is InChI=1S/C15H12O4S/c1-18-13-8-4-5-9-14(13)20(16,17)15-10-11-6-2-3-7-12(11)19-15/h2-10H,1H3. The summed E-state index contributed by atoms with van der Waals surface area (Å²) in [5.41, 5.74) is 0.543. The van der Waals surface area contributed by atoms with Crippen LogP contribution < -0.4 is 4.74 Å². The molecule has 0 aliphatic heterocycles. The van der Waals surface area contributed by atoms with Crippen LogP contribution >= 0.6 is 0 Å². The SMILES string of the molecule is COc1ccccc1S(=O)(=O)c1cc2ccccc2o1. The zero-order chi connectivity index (χ0) is 14.2. The molecular formula is C15H12O4S. The zero-order valence-corrected chi connectivity index (χ0v) is 11.6. The average molecular weight is 288 g/mol. The third-order valence-electron chi connectivity index (χ3n) is 3.03. The molecule has 0 radical (unpaired) electrons. The van der Waals surface area contributed by atoms with E-state index in [1.165, 1.54) is 19.2 Å². The summed E-state index contributed by atoms with van der Waals surface area (Å²) in [6.07, 6.45) is 0. The van der Waals surface area contributed by atoms with E-state index in [4.69, 9.17) is 9.15 Å². The number of fused-ring (bicyclic) bond motifs is 1. The summed E-state index contributed by atoms with van der Waals surface area (Å²) in [7, 11) is -2.30. The van der Waals surface area contributed by atoms with Gasteiger partial charge in [0.15, 0.2) is 0 Å². The van der Waals surface area contributed by atoms with Crippen molar-refractivity contribution >= 4 is 20.8 Å². The minimum absolute atomic E-state index is 0.0804. The molecule has 3 rings (SSSR count). The van der Waals surface area contributed by atoms with Crippen molar-refractivity contribution in [2.24, 2.45) is 0 Å². The molecule has 0 aliphatic rings. The third kappa shape index (κ3) is 1.96. The molecule has 0 atom stereocenters. The van der Waals surface area contributed by atoms with Crippen molar-refractivity contribution in [1.29, 1.82) is 0 Å². The number of sulfone groups is 1. The second-order valence-electron chi connectivity index (χ2n) is 4.26. The zero-order valence-electron chi connectivity index (χ0n) is 10.7. The Balaban J connectivity index is 2.21. The third-order valence-corrected chi connectivity index (χ3v) is 4.67. The van der Waals surface area contributed by atoms with E-state index in [-0.39, 0.29) is 9.99 Å². The lowest BCUT2D eigenvalue weighted by Gasteiger charge is -2.06. The number of hydrogen-bond acceptors (Lipinski definition) is 4. The van der Waals surface area contributed by atoms with Gasteiger partial charge in [0.25, 0.3) is 0 Å². The lowest BCUT2D eigenvalue weighted by atomic mass is 10.3. The molecule has 0 saturated carbocycles. The number of furan rings is 1. The van der Waals surface area contributed by atoms with Gasteiger partial charge in [-0.05, 0) is 18.2 Å². The fraction of sp³-hybridized carbons (Fsp3) is 0.0667. The first-order chi connectivity index (χ1) is 9.63. The molecule has 3 aromatic rings. The minimum atomic E-state index is -3.74. The number of ether oxygens (including phenoxy) is 1. The highest BCUT2D eigenvalue weighted by Crippen LogP contribution is 2.32. The molecule has 0 unspecified atom stereocenters. The van der Waals surface area contributed by atoms with Crippen LogP contribution in [0.5, 0.6) is 5.75 Å². The Bertz CT molecular complexity index is 829. The van der Waals surface area contributed by atoms with E-state index < -0.39 is 9.84 Å². The maximum Gasteiger partial charge on any atom is 0.243 e. The number of rotatable bonds is 3. The van der Waals surface area contributed by atoms with E-state index >= 15 is 0 Å². The van der Waals surface area contributed by atoms with E-state index in [0.717, 1.165) is 5.39 Å². The van der Waals surface area contributed by atoms with Gasteiger partial charge in [0.2, 0.25) is 14.9 Å². The molecule has 4 nitrogen and oxygen atoms in total. The smallest absolute Gasteiger partial charge is 0.243 e. The van der Waals surface area contributed by atoms with Crippen molar-refractivity contribution < 1.29 is 17.6 Å². The highest BCUT2D eigenvalue weighted by atomic mass is 32.2. The van der Waals surface area contributed by atoms with Gasteiger partial charge in [0.05, 0.1) is 7.11 Å². The predicted molar refractivity (Wildman–Crippen MR) is 74.7 cm³/mol. The largest absolute Gasteiger partial charge is 0.495 e. The predicted octanol–water partition coefficient (Wildman–Crippen LogP) is 3.27. The van der Waals surface area contributed by atoms with Crippen LogP contribution in [0.1, 0.15) is 0 Å². The Labute approximate surface area is 116 Å². The van der Waals surface area contributed by atoms with Crippen LogP contribution in [0.2, 0.25) is 0 Å². The maximum atomic E-state index is 12.6. The van der Waals surface area contributed by atoms with Crippen LogP contribution in [0.15, 0.2) is 69.0 Å². The Morgan fingerprint density at radius 2 is 1.70 bits per heavy atom. The maximum absolute atomic E-state index is 12.6. The monoisotopic (exact) mass is 288 g/mol. The normalized spacial score (nSPS) is 11.7. The van der Waals surface area contributed by atoms with Crippen molar-refractivity contribution in [3.63, 3.8) is 0 Å². The topological polar surface area (TPSA) is 56.5 Å². The first kappa shape index (κ1) is 12.7. The van der Waals surface area contributed by atoms with Crippen molar-refractivity contribution in [3.05, 3.63) is 54.6 Å². The van der Waals surface area contributed by atoms with Crippen LogP contribution in [0, 0.1) is 0 Å². The molecule has 5 heteroatoms. The summed E-state index contributed by atoms with van der Waals surface area (Å²) in [5.74, 6) is 0.299. The molecule has 20 heavy (non-hydrogen) atoms. The number of methoxy groups -OCH3 is 1. The van der Waals surface area contributed by atoms with Gasteiger partial charge in [-0.2, -0.15) is 0 Å². The Morgan fingerprint density at radius 3 is 2.45 bits per heavy atom. The molecule has 0 spiro atoms. The first-order valence-corrected chi connectivity index (χ1v) is 7.48. The van der Waals surface area contributed by atoms with Crippen LogP contribution in [0.25, 0.3) is 11.0 Å². The van der Waals surface area contributed by atoms with Crippen LogP contribution in [-0.2, 0) is 9.84 Å². The van der Waals surface area contributed by atoms with Gasteiger partial charge < -0.3 is 9.15 Å². The molecule has 2 aromatic carbocycles. The van der Waals surface area contributed by atoms with Gasteiger partial charge >= 0.3 is 0 Å². The molecule has 1 aromatic heterocycles. The Hall–Kier alpha value is -2.27. The van der Waals surface area contributed by atoms with E-state index in [1.54, 1.807) is 36.4 Å². The summed E-state index contributed by atoms with van der Waals surface area (Å²) < 4.78 is 35.8. The highest BCUT2D eigenvalue weighted by molar-refractivity contribution is 7.91. The summed E-state index contributed by atoms with van der Waals surface area (Å²) in [4.78, 5) is 0.0987. The summed E-state index contributed by atoms with van der Waals surface area (Å²) in [6.45, 7) is 0. The first-order valence-electron chi connectivity index (χ1n) is 5.99. The fourth-order valence-corrected chi connectivity index (χ4v) is 3.41. The van der Waals surface area contributed by atoms with Gasteiger partial charge in [-0.25, -0.2) is 8.42 Å². The minimum Gasteiger partial charge on any atom is -0.495 e. The van der Waals surface area contributed by atoms with E-state index in [2.05, 4.69) is 0 Å². The molecule has 0 fully saturated rings. The van der Waals surface area contributed by atoms with Crippen molar-refractivity contribution in [2.45, 2.75) is 9.99 Å².